The third kappa shape index (κ3) is 4.12. The zero-order chi connectivity index (χ0) is 19.6. The molecule has 0 bridgehead atoms. The summed E-state index contributed by atoms with van der Waals surface area (Å²) in [6.07, 6.45) is 2.66. The maximum absolute atomic E-state index is 12.7. The van der Waals surface area contributed by atoms with E-state index in [9.17, 15) is 9.59 Å². The number of aryl methyl sites for hydroxylation is 3. The van der Waals surface area contributed by atoms with Crippen LogP contribution in [0.15, 0.2) is 6.07 Å². The molecule has 1 aliphatic rings. The molecule has 0 aromatic carbocycles. The number of esters is 1. The second-order valence-electron chi connectivity index (χ2n) is 7.25. The number of rotatable bonds is 5. The average molecular weight is 372 g/mol. The van der Waals surface area contributed by atoms with Gasteiger partial charge in [0.25, 0.3) is 0 Å². The van der Waals surface area contributed by atoms with Crippen LogP contribution in [-0.2, 0) is 20.7 Å². The number of ether oxygens (including phenoxy) is 1. The second kappa shape index (κ2) is 8.06. The lowest BCUT2D eigenvalue weighted by Crippen LogP contribution is -2.42. The van der Waals surface area contributed by atoms with E-state index in [1.54, 1.807) is 11.8 Å². The zero-order valence-electron chi connectivity index (χ0n) is 16.6. The van der Waals surface area contributed by atoms with Crippen LogP contribution in [0.2, 0.25) is 0 Å². The topological polar surface area (TPSA) is 76.8 Å². The molecule has 1 amide bonds. The molecule has 2 aromatic heterocycles. The Morgan fingerprint density at radius 2 is 2.07 bits per heavy atom. The van der Waals surface area contributed by atoms with Gasteiger partial charge in [0.05, 0.1) is 18.2 Å². The molecule has 2 aromatic rings. The van der Waals surface area contributed by atoms with Crippen molar-refractivity contribution in [1.29, 1.82) is 0 Å². The van der Waals surface area contributed by atoms with Crippen LogP contribution in [0.5, 0.6) is 0 Å². The lowest BCUT2D eigenvalue weighted by atomic mass is 9.97. The summed E-state index contributed by atoms with van der Waals surface area (Å²) < 4.78 is 6.97. The van der Waals surface area contributed by atoms with Gasteiger partial charge in [0.1, 0.15) is 0 Å². The first-order chi connectivity index (χ1) is 12.9. The maximum atomic E-state index is 12.7. The molecule has 0 radical (unpaired) electrons. The standard InChI is InChI=1S/C20H28N4O3/c1-5-27-20(26)16-7-6-10-23(12-16)19(25)9-8-17-14(3)21-18-11-13(2)22-24(18)15(17)4/h11,16H,5-10,12H2,1-4H3/t16-/m1/s1. The number of carbonyl (C=O) groups excluding carboxylic acids is 2. The number of likely N-dealkylation sites (tertiary alicyclic amines) is 1. The van der Waals surface area contributed by atoms with E-state index in [4.69, 9.17) is 4.74 Å². The van der Waals surface area contributed by atoms with Gasteiger partial charge in [-0.2, -0.15) is 5.10 Å². The molecule has 1 saturated heterocycles. The first-order valence-corrected chi connectivity index (χ1v) is 9.67. The molecular formula is C20H28N4O3. The van der Waals surface area contributed by atoms with Gasteiger partial charge in [-0.3, -0.25) is 9.59 Å². The average Bonchev–Trinajstić information content (AvgIpc) is 3.02. The monoisotopic (exact) mass is 372 g/mol. The summed E-state index contributed by atoms with van der Waals surface area (Å²) in [5, 5.41) is 4.49. The van der Waals surface area contributed by atoms with Gasteiger partial charge in [-0.25, -0.2) is 9.50 Å². The number of carbonyl (C=O) groups is 2. The Kier molecular flexibility index (Phi) is 5.77. The Labute approximate surface area is 159 Å². The minimum Gasteiger partial charge on any atom is -0.466 e. The Hall–Kier alpha value is -2.44. The Balaban J connectivity index is 1.67. The number of hydrogen-bond acceptors (Lipinski definition) is 5. The predicted octanol–water partition coefficient (Wildman–Crippen LogP) is 2.39. The third-order valence-electron chi connectivity index (χ3n) is 5.27. The van der Waals surface area contributed by atoms with E-state index in [1.165, 1.54) is 0 Å². The van der Waals surface area contributed by atoms with Crippen molar-refractivity contribution in [2.45, 2.75) is 53.4 Å². The summed E-state index contributed by atoms with van der Waals surface area (Å²) >= 11 is 0. The lowest BCUT2D eigenvalue weighted by Gasteiger charge is -2.31. The summed E-state index contributed by atoms with van der Waals surface area (Å²) in [6, 6.07) is 1.96. The molecule has 0 aliphatic carbocycles. The van der Waals surface area contributed by atoms with Gasteiger partial charge in [-0.15, -0.1) is 0 Å². The molecule has 0 N–H and O–H groups in total. The fourth-order valence-electron chi connectivity index (χ4n) is 3.85. The lowest BCUT2D eigenvalue weighted by molar-refractivity contribution is -0.151. The van der Waals surface area contributed by atoms with Crippen molar-refractivity contribution in [2.75, 3.05) is 19.7 Å². The van der Waals surface area contributed by atoms with Gasteiger partial charge < -0.3 is 9.64 Å². The molecule has 1 aliphatic heterocycles. The molecule has 7 nitrogen and oxygen atoms in total. The SMILES string of the molecule is CCOC(=O)[C@@H]1CCCN(C(=O)CCc2c(C)nc3cc(C)nn3c2C)C1. The van der Waals surface area contributed by atoms with Crippen molar-refractivity contribution < 1.29 is 14.3 Å². The van der Waals surface area contributed by atoms with E-state index in [0.29, 0.717) is 32.5 Å². The number of fused-ring (bicyclic) bond motifs is 1. The molecule has 27 heavy (non-hydrogen) atoms. The van der Waals surface area contributed by atoms with Gasteiger partial charge in [0.15, 0.2) is 5.65 Å². The third-order valence-corrected chi connectivity index (χ3v) is 5.27. The molecule has 7 heteroatoms. The highest BCUT2D eigenvalue weighted by Crippen LogP contribution is 2.21. The largest absolute Gasteiger partial charge is 0.466 e. The van der Waals surface area contributed by atoms with Crippen LogP contribution in [0.4, 0.5) is 0 Å². The van der Waals surface area contributed by atoms with E-state index in [2.05, 4.69) is 10.1 Å². The first-order valence-electron chi connectivity index (χ1n) is 9.67. The van der Waals surface area contributed by atoms with Crippen LogP contribution < -0.4 is 0 Å². The summed E-state index contributed by atoms with van der Waals surface area (Å²) in [4.78, 5) is 31.1. The highest BCUT2D eigenvalue weighted by atomic mass is 16.5. The molecule has 3 heterocycles. The zero-order valence-corrected chi connectivity index (χ0v) is 16.6. The van der Waals surface area contributed by atoms with E-state index in [0.717, 1.165) is 41.1 Å². The summed E-state index contributed by atoms with van der Waals surface area (Å²) in [5.74, 6) is -0.305. The van der Waals surface area contributed by atoms with Crippen molar-refractivity contribution in [3.8, 4) is 0 Å². The van der Waals surface area contributed by atoms with Crippen molar-refractivity contribution in [3.05, 3.63) is 28.7 Å². The van der Waals surface area contributed by atoms with E-state index < -0.39 is 0 Å². The number of amides is 1. The van der Waals surface area contributed by atoms with Crippen molar-refractivity contribution >= 4 is 17.5 Å². The van der Waals surface area contributed by atoms with Crippen LogP contribution >= 0.6 is 0 Å². The highest BCUT2D eigenvalue weighted by Gasteiger charge is 2.29. The van der Waals surface area contributed by atoms with Gasteiger partial charge in [-0.1, -0.05) is 0 Å². The minimum atomic E-state index is -0.198. The number of piperidine rings is 1. The molecule has 1 atom stereocenters. The second-order valence-corrected chi connectivity index (χ2v) is 7.25. The number of nitrogens with zero attached hydrogens (tertiary/aromatic N) is 4. The molecule has 0 unspecified atom stereocenters. The van der Waals surface area contributed by atoms with E-state index in [1.807, 2.05) is 31.4 Å². The maximum Gasteiger partial charge on any atom is 0.310 e. The normalized spacial score (nSPS) is 17.3. The molecule has 0 saturated carbocycles. The van der Waals surface area contributed by atoms with Crippen LogP contribution in [0, 0.1) is 26.7 Å². The molecule has 3 rings (SSSR count). The van der Waals surface area contributed by atoms with Gasteiger partial charge in [0, 0.05) is 37.0 Å². The molecular weight excluding hydrogens is 344 g/mol. The number of aromatic nitrogens is 3. The van der Waals surface area contributed by atoms with Gasteiger partial charge >= 0.3 is 5.97 Å². The van der Waals surface area contributed by atoms with Crippen molar-refractivity contribution in [3.63, 3.8) is 0 Å². The van der Waals surface area contributed by atoms with Crippen LogP contribution in [0.25, 0.3) is 5.65 Å². The smallest absolute Gasteiger partial charge is 0.310 e. The quantitative estimate of drug-likeness (QED) is 0.753. The van der Waals surface area contributed by atoms with Crippen LogP contribution in [-0.4, -0.2) is 51.1 Å². The Morgan fingerprint density at radius 3 is 2.81 bits per heavy atom. The van der Waals surface area contributed by atoms with Gasteiger partial charge in [0.2, 0.25) is 5.91 Å². The van der Waals surface area contributed by atoms with Crippen molar-refractivity contribution in [1.82, 2.24) is 19.5 Å². The summed E-state index contributed by atoms with van der Waals surface area (Å²) in [5.41, 5.74) is 4.80. The minimum absolute atomic E-state index is 0.0829. The van der Waals surface area contributed by atoms with Crippen LogP contribution in [0.3, 0.4) is 0 Å². The van der Waals surface area contributed by atoms with E-state index >= 15 is 0 Å². The molecule has 146 valence electrons. The molecule has 0 spiro atoms. The Bertz CT molecular complexity index is 859. The fraction of sp³-hybridized carbons (Fsp3) is 0.600. The van der Waals surface area contributed by atoms with Crippen molar-refractivity contribution in [2.24, 2.45) is 5.92 Å². The Morgan fingerprint density at radius 1 is 1.30 bits per heavy atom. The number of hydrogen-bond donors (Lipinski definition) is 0. The van der Waals surface area contributed by atoms with Crippen LogP contribution in [0.1, 0.15) is 48.8 Å². The molecule has 1 fully saturated rings. The predicted molar refractivity (Wildman–Crippen MR) is 101 cm³/mol. The fourth-order valence-corrected chi connectivity index (χ4v) is 3.85. The first kappa shape index (κ1) is 19.3. The highest BCUT2D eigenvalue weighted by molar-refractivity contribution is 5.78. The van der Waals surface area contributed by atoms with Gasteiger partial charge in [-0.05, 0) is 52.5 Å². The summed E-state index contributed by atoms with van der Waals surface area (Å²) in [7, 11) is 0. The van der Waals surface area contributed by atoms with E-state index in [-0.39, 0.29) is 17.8 Å². The summed E-state index contributed by atoms with van der Waals surface area (Å²) in [6.45, 7) is 9.31.